The van der Waals surface area contributed by atoms with Crippen LogP contribution in [0.2, 0.25) is 0 Å². The predicted octanol–water partition coefficient (Wildman–Crippen LogP) is 5.30. The summed E-state index contributed by atoms with van der Waals surface area (Å²) in [5, 5.41) is 0. The van der Waals surface area contributed by atoms with Crippen LogP contribution in [0, 0.1) is 6.92 Å². The maximum Gasteiger partial charge on any atom is 0.169 e. The largest absolute Gasteiger partial charge is 0.493 e. The topological polar surface area (TPSA) is 18.5 Å². The van der Waals surface area contributed by atoms with E-state index in [0.717, 1.165) is 21.3 Å². The van der Waals surface area contributed by atoms with E-state index in [0.29, 0.717) is 17.4 Å². The van der Waals surface area contributed by atoms with Gasteiger partial charge in [0.05, 0.1) is 13.0 Å². The minimum Gasteiger partial charge on any atom is -0.493 e. The Morgan fingerprint density at radius 3 is 2.47 bits per heavy atom. The molecule has 2 aromatic carbocycles. The molecule has 2 nitrogen and oxygen atoms in total. The fourth-order valence-electron chi connectivity index (χ4n) is 1.73. The lowest BCUT2D eigenvalue weighted by atomic mass is 10.2. The van der Waals surface area contributed by atoms with Crippen LogP contribution in [-0.2, 0) is 5.88 Å². The van der Waals surface area contributed by atoms with E-state index in [1.54, 1.807) is 7.11 Å². The average Bonchev–Trinajstić information content (AvgIpc) is 2.42. The van der Waals surface area contributed by atoms with E-state index >= 15 is 0 Å². The van der Waals surface area contributed by atoms with Crippen molar-refractivity contribution in [2.24, 2.45) is 0 Å². The number of halogens is 2. The molecular formula is C15H14BrClO2. The van der Waals surface area contributed by atoms with Crippen LogP contribution in [0.25, 0.3) is 0 Å². The third-order valence-corrected chi connectivity index (χ3v) is 3.49. The van der Waals surface area contributed by atoms with Crippen molar-refractivity contribution >= 4 is 27.5 Å². The second-order valence-corrected chi connectivity index (χ2v) is 5.32. The van der Waals surface area contributed by atoms with E-state index in [1.807, 2.05) is 43.3 Å². The third-order valence-electron chi connectivity index (χ3n) is 2.71. The molecule has 0 N–H and O–H groups in total. The number of benzene rings is 2. The monoisotopic (exact) mass is 340 g/mol. The van der Waals surface area contributed by atoms with Crippen LogP contribution in [-0.4, -0.2) is 7.11 Å². The minimum absolute atomic E-state index is 0.392. The Balaban J connectivity index is 2.36. The van der Waals surface area contributed by atoms with Crippen LogP contribution in [0.5, 0.6) is 17.2 Å². The number of rotatable bonds is 4. The van der Waals surface area contributed by atoms with Gasteiger partial charge in [-0.15, -0.1) is 11.6 Å². The van der Waals surface area contributed by atoms with Crippen LogP contribution in [0.3, 0.4) is 0 Å². The fraction of sp³-hybridized carbons (Fsp3) is 0.200. The zero-order valence-corrected chi connectivity index (χ0v) is 13.1. The molecule has 0 aliphatic rings. The second-order valence-electron chi connectivity index (χ2n) is 4.14. The van der Waals surface area contributed by atoms with Gasteiger partial charge in [-0.25, -0.2) is 0 Å². The fourth-order valence-corrected chi connectivity index (χ4v) is 2.35. The quantitative estimate of drug-likeness (QED) is 0.703. The van der Waals surface area contributed by atoms with Crippen LogP contribution in [0.4, 0.5) is 0 Å². The molecule has 2 rings (SSSR count). The maximum absolute atomic E-state index is 5.94. The number of hydrogen-bond donors (Lipinski definition) is 0. The number of alkyl halides is 1. The Labute approximate surface area is 126 Å². The zero-order chi connectivity index (χ0) is 13.8. The molecule has 2 aromatic rings. The first-order chi connectivity index (χ1) is 9.13. The van der Waals surface area contributed by atoms with Gasteiger partial charge in [0.1, 0.15) is 5.75 Å². The number of methoxy groups -OCH3 is 1. The maximum atomic E-state index is 5.94. The van der Waals surface area contributed by atoms with Crippen LogP contribution >= 0.6 is 27.5 Å². The highest BCUT2D eigenvalue weighted by Crippen LogP contribution is 2.35. The molecule has 0 bridgehead atoms. The van der Waals surface area contributed by atoms with Gasteiger partial charge in [-0.05, 0) is 42.8 Å². The molecule has 19 heavy (non-hydrogen) atoms. The van der Waals surface area contributed by atoms with Crippen molar-refractivity contribution in [3.05, 3.63) is 52.0 Å². The first-order valence-electron chi connectivity index (χ1n) is 5.81. The second kappa shape index (κ2) is 6.31. The Hall–Kier alpha value is -1.19. The molecule has 0 aliphatic carbocycles. The average molecular weight is 342 g/mol. The molecule has 0 aromatic heterocycles. The van der Waals surface area contributed by atoms with E-state index in [2.05, 4.69) is 15.9 Å². The van der Waals surface area contributed by atoms with Crippen LogP contribution in [0.15, 0.2) is 40.9 Å². The first kappa shape index (κ1) is 14.2. The normalized spacial score (nSPS) is 10.3. The Morgan fingerprint density at radius 1 is 1.05 bits per heavy atom. The summed E-state index contributed by atoms with van der Waals surface area (Å²) in [5.41, 5.74) is 2.05. The lowest BCUT2D eigenvalue weighted by Gasteiger charge is -2.13. The Kier molecular flexibility index (Phi) is 4.72. The van der Waals surface area contributed by atoms with Gasteiger partial charge < -0.3 is 9.47 Å². The molecule has 100 valence electrons. The van der Waals surface area contributed by atoms with E-state index in [4.69, 9.17) is 21.1 Å². The number of ether oxygens (including phenoxy) is 2. The standard InChI is InChI=1S/C15H14BrClO2/c1-10-3-5-14(15(7-10)18-2)19-13-6-4-12(16)8-11(13)9-17/h3-8H,9H2,1-2H3. The lowest BCUT2D eigenvalue weighted by molar-refractivity contribution is 0.377. The van der Waals surface area contributed by atoms with Crippen molar-refractivity contribution in [1.82, 2.24) is 0 Å². The molecule has 0 spiro atoms. The van der Waals surface area contributed by atoms with Crippen molar-refractivity contribution in [3.8, 4) is 17.2 Å². The highest BCUT2D eigenvalue weighted by Gasteiger charge is 2.09. The van der Waals surface area contributed by atoms with Crippen molar-refractivity contribution in [2.75, 3.05) is 7.11 Å². The highest BCUT2D eigenvalue weighted by molar-refractivity contribution is 9.10. The summed E-state index contributed by atoms with van der Waals surface area (Å²) < 4.78 is 12.2. The number of aryl methyl sites for hydroxylation is 1. The summed E-state index contributed by atoms with van der Waals surface area (Å²) >= 11 is 9.36. The molecule has 0 fully saturated rings. The predicted molar refractivity (Wildman–Crippen MR) is 81.5 cm³/mol. The summed E-state index contributed by atoms with van der Waals surface area (Å²) in [6.45, 7) is 2.01. The van der Waals surface area contributed by atoms with Gasteiger partial charge in [0.2, 0.25) is 0 Å². The molecule has 0 aliphatic heterocycles. The number of hydrogen-bond acceptors (Lipinski definition) is 2. The van der Waals surface area contributed by atoms with Crippen LogP contribution in [0.1, 0.15) is 11.1 Å². The smallest absolute Gasteiger partial charge is 0.169 e. The van der Waals surface area contributed by atoms with E-state index in [9.17, 15) is 0 Å². The molecular weight excluding hydrogens is 328 g/mol. The summed E-state index contributed by atoms with van der Waals surface area (Å²) in [6, 6.07) is 11.6. The van der Waals surface area contributed by atoms with Crippen molar-refractivity contribution in [2.45, 2.75) is 12.8 Å². The summed E-state index contributed by atoms with van der Waals surface area (Å²) in [5.74, 6) is 2.52. The van der Waals surface area contributed by atoms with Gasteiger partial charge >= 0.3 is 0 Å². The zero-order valence-electron chi connectivity index (χ0n) is 10.7. The van der Waals surface area contributed by atoms with E-state index in [1.165, 1.54) is 0 Å². The summed E-state index contributed by atoms with van der Waals surface area (Å²) in [4.78, 5) is 0. The van der Waals surface area contributed by atoms with Gasteiger partial charge in [0.15, 0.2) is 11.5 Å². The highest BCUT2D eigenvalue weighted by atomic mass is 79.9. The lowest BCUT2D eigenvalue weighted by Crippen LogP contribution is -1.93. The van der Waals surface area contributed by atoms with Gasteiger partial charge in [-0.3, -0.25) is 0 Å². The molecule has 0 saturated heterocycles. The molecule has 4 heteroatoms. The first-order valence-corrected chi connectivity index (χ1v) is 7.13. The Bertz CT molecular complexity index is 533. The molecule has 0 radical (unpaired) electrons. The minimum atomic E-state index is 0.392. The third kappa shape index (κ3) is 3.43. The van der Waals surface area contributed by atoms with Crippen molar-refractivity contribution in [1.29, 1.82) is 0 Å². The van der Waals surface area contributed by atoms with E-state index in [-0.39, 0.29) is 0 Å². The van der Waals surface area contributed by atoms with Crippen LogP contribution < -0.4 is 9.47 Å². The molecule has 0 unspecified atom stereocenters. The molecule has 0 heterocycles. The van der Waals surface area contributed by atoms with Gasteiger partial charge in [-0.1, -0.05) is 22.0 Å². The van der Waals surface area contributed by atoms with Gasteiger partial charge in [-0.2, -0.15) is 0 Å². The van der Waals surface area contributed by atoms with Crippen molar-refractivity contribution in [3.63, 3.8) is 0 Å². The van der Waals surface area contributed by atoms with Gasteiger partial charge in [0, 0.05) is 10.0 Å². The molecule has 0 saturated carbocycles. The molecule has 0 atom stereocenters. The van der Waals surface area contributed by atoms with Crippen molar-refractivity contribution < 1.29 is 9.47 Å². The van der Waals surface area contributed by atoms with Gasteiger partial charge in [0.25, 0.3) is 0 Å². The van der Waals surface area contributed by atoms with E-state index < -0.39 is 0 Å². The summed E-state index contributed by atoms with van der Waals surface area (Å²) in [7, 11) is 1.63. The SMILES string of the molecule is COc1cc(C)ccc1Oc1ccc(Br)cc1CCl. The molecule has 0 amide bonds. The summed E-state index contributed by atoms with van der Waals surface area (Å²) in [6.07, 6.45) is 0. The Morgan fingerprint density at radius 2 is 1.79 bits per heavy atom.